The minimum atomic E-state index is -1.51. The van der Waals surface area contributed by atoms with Crippen molar-refractivity contribution >= 4 is 16.9 Å². The van der Waals surface area contributed by atoms with Gasteiger partial charge in [-0.2, -0.15) is 0 Å². The molecule has 0 radical (unpaired) electrons. The number of carboxylic acid groups (broad SMARTS) is 1. The third-order valence-electron chi connectivity index (χ3n) is 2.68. The van der Waals surface area contributed by atoms with Gasteiger partial charge in [0, 0.05) is 17.6 Å². The number of hydrogen-bond donors (Lipinski definition) is 1. The van der Waals surface area contributed by atoms with Crippen molar-refractivity contribution in [1.29, 1.82) is 0 Å². The molecule has 100 valence electrons. The molecule has 0 spiro atoms. The van der Waals surface area contributed by atoms with E-state index in [1.54, 1.807) is 0 Å². The number of nitrogens with zero attached hydrogens (tertiary/aromatic N) is 1. The Morgan fingerprint density at radius 1 is 1.26 bits per heavy atom. The van der Waals surface area contributed by atoms with E-state index in [9.17, 15) is 22.8 Å². The molecule has 0 unspecified atom stereocenters. The van der Waals surface area contributed by atoms with Gasteiger partial charge in [-0.25, -0.2) is 18.0 Å². The van der Waals surface area contributed by atoms with Crippen LogP contribution < -0.4 is 5.43 Å². The molecule has 0 saturated heterocycles. The van der Waals surface area contributed by atoms with E-state index >= 15 is 0 Å². The molecule has 0 fully saturated rings. The summed E-state index contributed by atoms with van der Waals surface area (Å²) in [5.41, 5.74) is -1.60. The third-order valence-corrected chi connectivity index (χ3v) is 2.68. The van der Waals surface area contributed by atoms with E-state index in [1.165, 1.54) is 0 Å². The molecule has 0 amide bonds. The van der Waals surface area contributed by atoms with Gasteiger partial charge < -0.3 is 9.67 Å². The van der Waals surface area contributed by atoms with Gasteiger partial charge >= 0.3 is 5.97 Å². The fraction of sp³-hybridized carbons (Fsp3) is 0.167. The first kappa shape index (κ1) is 13.1. The first-order valence-electron chi connectivity index (χ1n) is 5.27. The molecule has 0 aliphatic rings. The van der Waals surface area contributed by atoms with Crippen LogP contribution in [0.2, 0.25) is 0 Å². The highest BCUT2D eigenvalue weighted by Gasteiger charge is 2.16. The summed E-state index contributed by atoms with van der Waals surface area (Å²) in [6.07, 6.45) is 0.921. The van der Waals surface area contributed by atoms with Crippen molar-refractivity contribution in [2.45, 2.75) is 6.54 Å². The monoisotopic (exact) mass is 271 g/mol. The van der Waals surface area contributed by atoms with Crippen molar-refractivity contribution in [2.75, 3.05) is 6.67 Å². The number of aromatic nitrogens is 1. The molecule has 2 aromatic rings. The maximum Gasteiger partial charge on any atom is 0.341 e. The minimum Gasteiger partial charge on any atom is -0.477 e. The fourth-order valence-electron chi connectivity index (χ4n) is 1.81. The Morgan fingerprint density at radius 3 is 2.47 bits per heavy atom. The molecule has 0 atom stereocenters. The normalized spacial score (nSPS) is 10.9. The molecule has 1 aromatic heterocycles. The molecule has 1 aromatic carbocycles. The van der Waals surface area contributed by atoms with E-state index in [4.69, 9.17) is 5.11 Å². The van der Waals surface area contributed by atoms with Crippen LogP contribution in [-0.2, 0) is 6.54 Å². The zero-order chi connectivity index (χ0) is 14.2. The lowest BCUT2D eigenvalue weighted by Crippen LogP contribution is -2.19. The van der Waals surface area contributed by atoms with Crippen LogP contribution >= 0.6 is 0 Å². The van der Waals surface area contributed by atoms with Gasteiger partial charge in [0.1, 0.15) is 12.2 Å². The topological polar surface area (TPSA) is 59.3 Å². The second kappa shape index (κ2) is 4.75. The maximum absolute atomic E-state index is 13.2. The molecule has 4 nitrogen and oxygen atoms in total. The molecule has 0 aliphatic heterocycles. The lowest BCUT2D eigenvalue weighted by Gasteiger charge is -2.10. The first-order chi connectivity index (χ1) is 8.95. The highest BCUT2D eigenvalue weighted by molar-refractivity contribution is 5.92. The first-order valence-corrected chi connectivity index (χ1v) is 5.27. The largest absolute Gasteiger partial charge is 0.477 e. The van der Waals surface area contributed by atoms with Crippen LogP contribution in [0.25, 0.3) is 10.9 Å². The predicted octanol–water partition coefficient (Wildman–Crippen LogP) is 1.95. The number of carboxylic acids is 1. The number of aryl methyl sites for hydroxylation is 1. The minimum absolute atomic E-state index is 0.0495. The van der Waals surface area contributed by atoms with E-state index in [0.717, 1.165) is 16.8 Å². The standard InChI is InChI=1S/C12H8F3NO3/c13-1-2-16-5-7(12(18)19)11(17)6-3-8(14)9(15)4-10(6)16/h3-5H,1-2H2,(H,18,19). The van der Waals surface area contributed by atoms with Crippen molar-refractivity contribution in [3.8, 4) is 0 Å². The van der Waals surface area contributed by atoms with Crippen LogP contribution in [0.1, 0.15) is 10.4 Å². The van der Waals surface area contributed by atoms with Crippen LogP contribution in [-0.4, -0.2) is 22.3 Å². The number of aromatic carboxylic acids is 1. The maximum atomic E-state index is 13.2. The van der Waals surface area contributed by atoms with Crippen LogP contribution in [0.4, 0.5) is 13.2 Å². The van der Waals surface area contributed by atoms with Crippen molar-refractivity contribution < 1.29 is 23.1 Å². The number of carbonyl (C=O) groups is 1. The second-order valence-corrected chi connectivity index (χ2v) is 3.84. The van der Waals surface area contributed by atoms with Crippen molar-refractivity contribution in [3.05, 3.63) is 45.8 Å². The number of rotatable bonds is 3. The lowest BCUT2D eigenvalue weighted by molar-refractivity contribution is 0.0694. The van der Waals surface area contributed by atoms with Crippen molar-refractivity contribution in [1.82, 2.24) is 4.57 Å². The molecule has 0 saturated carbocycles. The molecule has 1 heterocycles. The Kier molecular flexibility index (Phi) is 3.28. The molecule has 2 rings (SSSR count). The second-order valence-electron chi connectivity index (χ2n) is 3.84. The van der Waals surface area contributed by atoms with Crippen LogP contribution in [0.3, 0.4) is 0 Å². The quantitative estimate of drug-likeness (QED) is 0.928. The fourth-order valence-corrected chi connectivity index (χ4v) is 1.81. The zero-order valence-corrected chi connectivity index (χ0v) is 9.49. The van der Waals surface area contributed by atoms with Crippen molar-refractivity contribution in [3.63, 3.8) is 0 Å². The Balaban J connectivity index is 2.92. The van der Waals surface area contributed by atoms with E-state index in [0.29, 0.717) is 6.07 Å². The molecular formula is C12H8F3NO3. The predicted molar refractivity (Wildman–Crippen MR) is 61.1 cm³/mol. The summed E-state index contributed by atoms with van der Waals surface area (Å²) in [5.74, 6) is -3.97. The molecule has 0 bridgehead atoms. The van der Waals surface area contributed by atoms with Gasteiger partial charge in [0.25, 0.3) is 0 Å². The average molecular weight is 271 g/mol. The Bertz CT molecular complexity index is 724. The zero-order valence-electron chi connectivity index (χ0n) is 9.49. The molecule has 7 heteroatoms. The van der Waals surface area contributed by atoms with Gasteiger partial charge in [-0.1, -0.05) is 0 Å². The summed E-state index contributed by atoms with van der Waals surface area (Å²) in [7, 11) is 0. The number of benzene rings is 1. The van der Waals surface area contributed by atoms with Crippen LogP contribution in [0, 0.1) is 11.6 Å². The van der Waals surface area contributed by atoms with Gasteiger partial charge in [0.05, 0.1) is 12.1 Å². The Labute approximate surface area is 104 Å². The van der Waals surface area contributed by atoms with E-state index in [-0.39, 0.29) is 17.4 Å². The number of pyridine rings is 1. The highest BCUT2D eigenvalue weighted by atomic mass is 19.2. The van der Waals surface area contributed by atoms with Gasteiger partial charge in [-0.05, 0) is 6.07 Å². The summed E-state index contributed by atoms with van der Waals surface area (Å²) in [5, 5.41) is 8.57. The summed E-state index contributed by atoms with van der Waals surface area (Å²) in [6, 6.07) is 1.36. The average Bonchev–Trinajstić information content (AvgIpc) is 2.35. The molecular weight excluding hydrogens is 263 g/mol. The summed E-state index contributed by atoms with van der Waals surface area (Å²) in [6.45, 7) is -1.10. The molecule has 19 heavy (non-hydrogen) atoms. The van der Waals surface area contributed by atoms with Crippen molar-refractivity contribution in [2.24, 2.45) is 0 Å². The highest BCUT2D eigenvalue weighted by Crippen LogP contribution is 2.17. The Morgan fingerprint density at radius 2 is 1.89 bits per heavy atom. The number of fused-ring (bicyclic) bond motifs is 1. The number of halogens is 3. The van der Waals surface area contributed by atoms with E-state index < -0.39 is 35.3 Å². The number of alkyl halides is 1. The van der Waals surface area contributed by atoms with Gasteiger partial charge in [0.2, 0.25) is 5.43 Å². The van der Waals surface area contributed by atoms with E-state index in [2.05, 4.69) is 0 Å². The van der Waals surface area contributed by atoms with Gasteiger partial charge in [-0.15, -0.1) is 0 Å². The summed E-state index contributed by atoms with van der Waals surface area (Å²) in [4.78, 5) is 22.7. The lowest BCUT2D eigenvalue weighted by atomic mass is 10.1. The molecule has 0 aliphatic carbocycles. The number of hydrogen-bond acceptors (Lipinski definition) is 2. The van der Waals surface area contributed by atoms with Gasteiger partial charge in [-0.3, -0.25) is 4.79 Å². The molecule has 1 N–H and O–H groups in total. The van der Waals surface area contributed by atoms with Crippen LogP contribution in [0.5, 0.6) is 0 Å². The smallest absolute Gasteiger partial charge is 0.341 e. The SMILES string of the molecule is O=C(O)c1cn(CCF)c2cc(F)c(F)cc2c1=O. The van der Waals surface area contributed by atoms with Crippen LogP contribution in [0.15, 0.2) is 23.1 Å². The summed E-state index contributed by atoms with van der Waals surface area (Å²) < 4.78 is 39.8. The Hall–Kier alpha value is -2.31. The van der Waals surface area contributed by atoms with E-state index in [1.807, 2.05) is 0 Å². The summed E-state index contributed by atoms with van der Waals surface area (Å²) >= 11 is 0. The third kappa shape index (κ3) is 2.18. The van der Waals surface area contributed by atoms with Gasteiger partial charge in [0.15, 0.2) is 11.6 Å².